The summed E-state index contributed by atoms with van der Waals surface area (Å²) >= 11 is 0. The lowest BCUT2D eigenvalue weighted by molar-refractivity contribution is -0.142. The average Bonchev–Trinajstić information content (AvgIpc) is 3.00. The number of carbonyl (C=O) groups is 1. The molecule has 0 bridgehead atoms. The third kappa shape index (κ3) is 5.79. The zero-order valence-corrected chi connectivity index (χ0v) is 14.9. The molecule has 26 heavy (non-hydrogen) atoms. The zero-order valence-electron chi connectivity index (χ0n) is 14.9. The number of carbonyl (C=O) groups excluding carboxylic acids is 1. The first-order valence-corrected chi connectivity index (χ1v) is 8.31. The number of hydrogen-bond acceptors (Lipinski definition) is 3. The van der Waals surface area contributed by atoms with Crippen LogP contribution < -0.4 is 10.1 Å². The second-order valence-electron chi connectivity index (χ2n) is 6.17. The molecule has 8 heteroatoms. The van der Waals surface area contributed by atoms with E-state index in [4.69, 9.17) is 4.74 Å². The van der Waals surface area contributed by atoms with Gasteiger partial charge in [0.2, 0.25) is 0 Å². The second-order valence-corrected chi connectivity index (χ2v) is 6.17. The molecule has 0 fully saturated rings. The Morgan fingerprint density at radius 3 is 2.77 bits per heavy atom. The van der Waals surface area contributed by atoms with Gasteiger partial charge in [0.15, 0.2) is 0 Å². The van der Waals surface area contributed by atoms with Crippen molar-refractivity contribution in [1.82, 2.24) is 15.1 Å². The van der Waals surface area contributed by atoms with Crippen LogP contribution in [0.15, 0.2) is 30.6 Å². The molecule has 0 saturated carbocycles. The summed E-state index contributed by atoms with van der Waals surface area (Å²) in [7, 11) is 0. The number of halogens is 3. The molecule has 1 aromatic heterocycles. The van der Waals surface area contributed by atoms with Gasteiger partial charge in [0.05, 0.1) is 17.9 Å². The molecule has 0 radical (unpaired) electrons. The lowest BCUT2D eigenvalue weighted by Crippen LogP contribution is -2.23. The molecule has 1 amide bonds. The molecule has 2 aromatic rings. The number of ether oxygens (including phenoxy) is 1. The van der Waals surface area contributed by atoms with E-state index in [-0.39, 0.29) is 18.2 Å². The van der Waals surface area contributed by atoms with E-state index in [0.29, 0.717) is 10.4 Å². The molecule has 0 aliphatic heterocycles. The molecule has 1 atom stereocenters. The van der Waals surface area contributed by atoms with Crippen LogP contribution in [0, 0.1) is 6.92 Å². The first-order valence-electron chi connectivity index (χ1n) is 8.31. The molecule has 1 heterocycles. The number of aryl methyl sites for hydroxylation is 1. The summed E-state index contributed by atoms with van der Waals surface area (Å²) in [6.45, 7) is 4.89. The van der Waals surface area contributed by atoms with Gasteiger partial charge in [0.25, 0.3) is 5.91 Å². The van der Waals surface area contributed by atoms with Gasteiger partial charge >= 0.3 is 6.18 Å². The van der Waals surface area contributed by atoms with Crippen LogP contribution in [0.25, 0.3) is 0 Å². The Morgan fingerprint density at radius 1 is 1.38 bits per heavy atom. The van der Waals surface area contributed by atoms with E-state index < -0.39 is 18.6 Å². The number of amides is 1. The Hall–Kier alpha value is -2.51. The fourth-order valence-corrected chi connectivity index (χ4v) is 2.25. The SMILES string of the molecule is CC[C@H](C)Oc1cc(C)ccc1CNC(=O)c1cnn(CC(F)(F)F)c1. The standard InChI is InChI=1S/C18H22F3N3O2/c1-4-13(3)26-16-7-12(2)5-6-14(16)8-22-17(25)15-9-23-24(10-15)11-18(19,20)21/h5-7,9-10,13H,4,8,11H2,1-3H3,(H,22,25)/t13-/m0/s1. The highest BCUT2D eigenvalue weighted by atomic mass is 19.4. The van der Waals surface area contributed by atoms with Gasteiger partial charge in [0, 0.05) is 18.3 Å². The minimum absolute atomic E-state index is 0.0341. The largest absolute Gasteiger partial charge is 0.490 e. The van der Waals surface area contributed by atoms with Crippen LogP contribution in [0.4, 0.5) is 13.2 Å². The number of rotatable bonds is 7. The molecule has 0 aliphatic rings. The van der Waals surface area contributed by atoms with Gasteiger partial charge in [0.1, 0.15) is 12.3 Å². The highest BCUT2D eigenvalue weighted by Crippen LogP contribution is 2.22. The molecule has 2 rings (SSSR count). The van der Waals surface area contributed by atoms with Crippen molar-refractivity contribution in [2.24, 2.45) is 0 Å². The molecule has 1 N–H and O–H groups in total. The lowest BCUT2D eigenvalue weighted by Gasteiger charge is -2.17. The Balaban J connectivity index is 2.03. The van der Waals surface area contributed by atoms with Crippen molar-refractivity contribution in [2.75, 3.05) is 0 Å². The zero-order chi connectivity index (χ0) is 19.3. The summed E-state index contributed by atoms with van der Waals surface area (Å²) in [4.78, 5) is 12.2. The monoisotopic (exact) mass is 369 g/mol. The number of benzene rings is 1. The van der Waals surface area contributed by atoms with Crippen LogP contribution in [0.5, 0.6) is 5.75 Å². The van der Waals surface area contributed by atoms with Crippen molar-refractivity contribution >= 4 is 5.91 Å². The van der Waals surface area contributed by atoms with Gasteiger partial charge in [-0.15, -0.1) is 0 Å². The Morgan fingerprint density at radius 2 is 2.12 bits per heavy atom. The number of alkyl halides is 3. The fraction of sp³-hybridized carbons (Fsp3) is 0.444. The molecule has 0 spiro atoms. The third-order valence-electron chi connectivity index (χ3n) is 3.80. The van der Waals surface area contributed by atoms with Gasteiger partial charge < -0.3 is 10.1 Å². The summed E-state index contributed by atoms with van der Waals surface area (Å²) < 4.78 is 43.6. The first kappa shape index (κ1) is 19.8. The maximum atomic E-state index is 12.4. The van der Waals surface area contributed by atoms with E-state index in [9.17, 15) is 18.0 Å². The summed E-state index contributed by atoms with van der Waals surface area (Å²) in [6, 6.07) is 5.67. The van der Waals surface area contributed by atoms with Crippen LogP contribution >= 0.6 is 0 Å². The van der Waals surface area contributed by atoms with Gasteiger partial charge in [-0.05, 0) is 31.9 Å². The predicted molar refractivity (Wildman–Crippen MR) is 91.0 cm³/mol. The summed E-state index contributed by atoms with van der Waals surface area (Å²) in [5, 5.41) is 6.26. The van der Waals surface area contributed by atoms with E-state index in [1.165, 1.54) is 0 Å². The van der Waals surface area contributed by atoms with E-state index >= 15 is 0 Å². The molecule has 1 aromatic carbocycles. The van der Waals surface area contributed by atoms with Crippen LogP contribution in [0.3, 0.4) is 0 Å². The Kier molecular flexibility index (Phi) is 6.28. The normalized spacial score (nSPS) is 12.7. The Bertz CT molecular complexity index is 756. The molecule has 5 nitrogen and oxygen atoms in total. The Labute approximate surface area is 150 Å². The minimum Gasteiger partial charge on any atom is -0.490 e. The van der Waals surface area contributed by atoms with Gasteiger partial charge in [-0.25, -0.2) is 0 Å². The maximum absolute atomic E-state index is 12.4. The average molecular weight is 369 g/mol. The van der Waals surface area contributed by atoms with Crippen molar-refractivity contribution < 1.29 is 22.7 Å². The number of nitrogens with one attached hydrogen (secondary N) is 1. The quantitative estimate of drug-likeness (QED) is 0.806. The highest BCUT2D eigenvalue weighted by molar-refractivity contribution is 5.93. The smallest absolute Gasteiger partial charge is 0.408 e. The lowest BCUT2D eigenvalue weighted by atomic mass is 10.1. The predicted octanol–water partition coefficient (Wildman–Crippen LogP) is 3.86. The fourth-order valence-electron chi connectivity index (χ4n) is 2.25. The van der Waals surface area contributed by atoms with E-state index in [0.717, 1.165) is 29.9 Å². The van der Waals surface area contributed by atoms with Crippen molar-refractivity contribution in [2.45, 2.75) is 52.6 Å². The van der Waals surface area contributed by atoms with E-state index in [1.807, 2.05) is 39.0 Å². The van der Waals surface area contributed by atoms with Gasteiger partial charge in [-0.3, -0.25) is 9.48 Å². The second kappa shape index (κ2) is 8.25. The number of aromatic nitrogens is 2. The summed E-state index contributed by atoms with van der Waals surface area (Å²) in [5.74, 6) is 0.195. The van der Waals surface area contributed by atoms with Gasteiger partial charge in [-0.1, -0.05) is 19.1 Å². The van der Waals surface area contributed by atoms with E-state index in [2.05, 4.69) is 10.4 Å². The van der Waals surface area contributed by atoms with Crippen molar-refractivity contribution in [3.63, 3.8) is 0 Å². The molecular weight excluding hydrogens is 347 g/mol. The van der Waals surface area contributed by atoms with Crippen LogP contribution in [0.2, 0.25) is 0 Å². The van der Waals surface area contributed by atoms with Crippen molar-refractivity contribution in [3.05, 3.63) is 47.3 Å². The van der Waals surface area contributed by atoms with Crippen molar-refractivity contribution in [3.8, 4) is 5.75 Å². The van der Waals surface area contributed by atoms with Crippen LogP contribution in [-0.2, 0) is 13.1 Å². The molecule has 0 saturated heterocycles. The maximum Gasteiger partial charge on any atom is 0.408 e. The number of hydrogen-bond donors (Lipinski definition) is 1. The molecular formula is C18H22F3N3O2. The molecule has 142 valence electrons. The minimum atomic E-state index is -4.39. The van der Waals surface area contributed by atoms with Gasteiger partial charge in [-0.2, -0.15) is 18.3 Å². The first-order chi connectivity index (χ1) is 12.2. The van der Waals surface area contributed by atoms with Crippen LogP contribution in [-0.4, -0.2) is 28.0 Å². The topological polar surface area (TPSA) is 56.1 Å². The number of nitrogens with zero attached hydrogens (tertiary/aromatic N) is 2. The summed E-state index contributed by atoms with van der Waals surface area (Å²) in [5.41, 5.74) is 1.91. The van der Waals surface area contributed by atoms with Crippen molar-refractivity contribution in [1.29, 1.82) is 0 Å². The van der Waals surface area contributed by atoms with E-state index in [1.54, 1.807) is 0 Å². The molecule has 0 unspecified atom stereocenters. The van der Waals surface area contributed by atoms with Crippen LogP contribution in [0.1, 0.15) is 41.8 Å². The molecule has 0 aliphatic carbocycles. The highest BCUT2D eigenvalue weighted by Gasteiger charge is 2.28. The third-order valence-corrected chi connectivity index (χ3v) is 3.80. The summed E-state index contributed by atoms with van der Waals surface area (Å²) in [6.07, 6.45) is -1.31.